The predicted octanol–water partition coefficient (Wildman–Crippen LogP) is 4.54. The van der Waals surface area contributed by atoms with E-state index in [2.05, 4.69) is 12.6 Å². The van der Waals surface area contributed by atoms with Gasteiger partial charge in [0, 0.05) is 18.7 Å². The second-order valence-corrected chi connectivity index (χ2v) is 10.7. The second kappa shape index (κ2) is 10.2. The summed E-state index contributed by atoms with van der Waals surface area (Å²) in [6, 6.07) is 22.5. The molecule has 1 aliphatic rings. The first-order chi connectivity index (χ1) is 18.2. The van der Waals surface area contributed by atoms with Crippen molar-refractivity contribution in [2.75, 3.05) is 13.2 Å². The number of nitro benzene ring substituents is 1. The summed E-state index contributed by atoms with van der Waals surface area (Å²) in [5.74, 6) is -0.874. The normalized spacial score (nSPS) is 23.3. The number of ether oxygens (including phenoxy) is 1. The zero-order valence-electron chi connectivity index (χ0n) is 20.6. The minimum absolute atomic E-state index is 0.0269. The van der Waals surface area contributed by atoms with Gasteiger partial charge in [0.15, 0.2) is 5.41 Å². The molecule has 1 saturated heterocycles. The van der Waals surface area contributed by atoms with Gasteiger partial charge in [-0.05, 0) is 30.2 Å². The summed E-state index contributed by atoms with van der Waals surface area (Å²) in [5, 5.41) is 22.0. The summed E-state index contributed by atoms with van der Waals surface area (Å²) in [6.07, 6.45) is 1.45. The fourth-order valence-electron chi connectivity index (χ4n) is 5.22. The quantitative estimate of drug-likeness (QED) is 0.180. The number of benzene rings is 3. The van der Waals surface area contributed by atoms with Crippen LogP contribution in [0.25, 0.3) is 0 Å². The molecular formula is C28H25N3O6S. The molecule has 0 amide bonds. The van der Waals surface area contributed by atoms with Crippen molar-refractivity contribution in [1.82, 2.24) is 4.31 Å². The van der Waals surface area contributed by atoms with E-state index in [1.165, 1.54) is 6.08 Å². The number of rotatable bonds is 8. The van der Waals surface area contributed by atoms with Crippen LogP contribution in [0, 0.1) is 26.9 Å². The molecule has 3 aromatic rings. The monoisotopic (exact) mass is 531 g/mol. The standard InChI is InChI=1S/C28H25N3O6S/c1-3-27(22-13-9-6-10-14-22)20-30(38(35,36)24-17-15-23(16-18-24)31(33)34)25(21-11-7-5-8-12-21)28(27,19-29)26(32)37-4-2/h3,5-18,25H,1,4,20H2,2H3/t25-,27+,28+/m0/s1. The number of nitriles is 1. The first kappa shape index (κ1) is 26.7. The molecule has 38 heavy (non-hydrogen) atoms. The number of non-ortho nitro benzene ring substituents is 1. The van der Waals surface area contributed by atoms with Gasteiger partial charge in [-0.2, -0.15) is 9.57 Å². The summed E-state index contributed by atoms with van der Waals surface area (Å²) < 4.78 is 34.9. The average molecular weight is 532 g/mol. The number of nitro groups is 1. The maximum absolute atomic E-state index is 14.2. The number of sulfonamides is 1. The van der Waals surface area contributed by atoms with Gasteiger partial charge in [0.05, 0.1) is 34.0 Å². The number of hydrogen-bond acceptors (Lipinski definition) is 7. The predicted molar refractivity (Wildman–Crippen MR) is 139 cm³/mol. The Balaban J connectivity index is 2.06. The minimum atomic E-state index is -4.39. The van der Waals surface area contributed by atoms with Crippen molar-refractivity contribution in [3.63, 3.8) is 0 Å². The minimum Gasteiger partial charge on any atom is -0.465 e. The molecule has 1 fully saturated rings. The molecule has 0 N–H and O–H groups in total. The molecule has 10 heteroatoms. The van der Waals surface area contributed by atoms with Crippen molar-refractivity contribution in [1.29, 1.82) is 5.26 Å². The van der Waals surface area contributed by atoms with Crippen molar-refractivity contribution < 1.29 is 22.9 Å². The third kappa shape index (κ3) is 3.97. The molecule has 0 aromatic heterocycles. The Morgan fingerprint density at radius 1 is 1.13 bits per heavy atom. The smallest absolute Gasteiger partial charge is 0.329 e. The fraction of sp³-hybridized carbons (Fsp3) is 0.214. The van der Waals surface area contributed by atoms with Gasteiger partial charge in [-0.3, -0.25) is 14.9 Å². The number of hydrogen-bond donors (Lipinski definition) is 0. The van der Waals surface area contributed by atoms with Crippen molar-refractivity contribution in [3.8, 4) is 6.07 Å². The van der Waals surface area contributed by atoms with Crippen molar-refractivity contribution in [2.24, 2.45) is 5.41 Å². The highest BCUT2D eigenvalue weighted by Gasteiger charge is 2.71. The lowest BCUT2D eigenvalue weighted by molar-refractivity contribution is -0.384. The summed E-state index contributed by atoms with van der Waals surface area (Å²) in [4.78, 5) is 24.2. The van der Waals surface area contributed by atoms with Crippen molar-refractivity contribution in [2.45, 2.75) is 23.3 Å². The van der Waals surface area contributed by atoms with Gasteiger partial charge >= 0.3 is 5.97 Å². The van der Waals surface area contributed by atoms with Gasteiger partial charge in [-0.1, -0.05) is 66.7 Å². The van der Waals surface area contributed by atoms with Crippen LogP contribution < -0.4 is 0 Å². The number of carbonyl (C=O) groups excluding carboxylic acids is 1. The van der Waals surface area contributed by atoms with E-state index in [9.17, 15) is 28.6 Å². The van der Waals surface area contributed by atoms with Crippen LogP contribution >= 0.6 is 0 Å². The first-order valence-electron chi connectivity index (χ1n) is 11.8. The van der Waals surface area contributed by atoms with E-state index in [1.807, 2.05) is 0 Å². The van der Waals surface area contributed by atoms with Crippen LogP contribution in [0.3, 0.4) is 0 Å². The van der Waals surface area contributed by atoms with Crippen LogP contribution in [-0.2, 0) is 25.0 Å². The van der Waals surface area contributed by atoms with E-state index >= 15 is 0 Å². The molecule has 3 atom stereocenters. The number of esters is 1. The lowest BCUT2D eigenvalue weighted by Gasteiger charge is -2.39. The SMILES string of the molecule is C=C[C@]1(c2ccccc2)CN(S(=O)(=O)c2ccc([N+](=O)[O-])cc2)[C@@H](c2ccccc2)[C@]1(C#N)C(=O)OCC. The van der Waals surface area contributed by atoms with Gasteiger partial charge in [-0.25, -0.2) is 8.42 Å². The van der Waals surface area contributed by atoms with Crippen LogP contribution in [0.1, 0.15) is 24.1 Å². The van der Waals surface area contributed by atoms with Crippen LogP contribution in [0.5, 0.6) is 0 Å². The molecule has 0 radical (unpaired) electrons. The summed E-state index contributed by atoms with van der Waals surface area (Å²) >= 11 is 0. The van der Waals surface area contributed by atoms with Gasteiger partial charge < -0.3 is 4.74 Å². The Morgan fingerprint density at radius 2 is 1.71 bits per heavy atom. The topological polar surface area (TPSA) is 131 Å². The third-order valence-electron chi connectivity index (χ3n) is 6.99. The van der Waals surface area contributed by atoms with E-state index in [4.69, 9.17) is 4.74 Å². The Hall–Kier alpha value is -4.33. The van der Waals surface area contributed by atoms with Gasteiger partial charge in [0.1, 0.15) is 0 Å². The molecule has 4 rings (SSSR count). The highest BCUT2D eigenvalue weighted by atomic mass is 32.2. The third-order valence-corrected chi connectivity index (χ3v) is 8.81. The molecule has 1 aliphatic heterocycles. The Kier molecular flexibility index (Phi) is 7.18. The lowest BCUT2D eigenvalue weighted by Crippen LogP contribution is -2.50. The second-order valence-electron chi connectivity index (χ2n) is 8.80. The molecular weight excluding hydrogens is 506 g/mol. The molecule has 0 unspecified atom stereocenters. The van der Waals surface area contributed by atoms with Crippen LogP contribution in [0.15, 0.2) is 102 Å². The number of carbonyl (C=O) groups is 1. The van der Waals surface area contributed by atoms with E-state index < -0.39 is 37.8 Å². The maximum Gasteiger partial charge on any atom is 0.329 e. The molecule has 0 saturated carbocycles. The maximum atomic E-state index is 14.2. The highest BCUT2D eigenvalue weighted by Crippen LogP contribution is 2.61. The molecule has 194 valence electrons. The summed E-state index contributed by atoms with van der Waals surface area (Å²) in [7, 11) is -4.39. The van der Waals surface area contributed by atoms with Gasteiger partial charge in [0.2, 0.25) is 10.0 Å². The van der Waals surface area contributed by atoms with Gasteiger partial charge in [-0.15, -0.1) is 6.58 Å². The molecule has 0 spiro atoms. The van der Waals surface area contributed by atoms with Gasteiger partial charge in [0.25, 0.3) is 5.69 Å². The molecule has 1 heterocycles. The average Bonchev–Trinajstić information content (AvgIpc) is 3.27. The fourth-order valence-corrected chi connectivity index (χ4v) is 6.90. The molecule has 0 aliphatic carbocycles. The van der Waals surface area contributed by atoms with Crippen molar-refractivity contribution in [3.05, 3.63) is 119 Å². The lowest BCUT2D eigenvalue weighted by atomic mass is 9.59. The Labute approximate surface area is 220 Å². The van der Waals surface area contributed by atoms with Crippen LogP contribution in [-0.4, -0.2) is 36.8 Å². The molecule has 9 nitrogen and oxygen atoms in total. The van der Waals surface area contributed by atoms with E-state index in [1.54, 1.807) is 67.6 Å². The van der Waals surface area contributed by atoms with E-state index in [0.717, 1.165) is 28.6 Å². The molecule has 3 aromatic carbocycles. The summed E-state index contributed by atoms with van der Waals surface area (Å²) in [6.45, 7) is 5.25. The van der Waals surface area contributed by atoms with Crippen molar-refractivity contribution >= 4 is 21.7 Å². The van der Waals surface area contributed by atoms with E-state index in [-0.39, 0.29) is 23.7 Å². The number of nitrogens with zero attached hydrogens (tertiary/aromatic N) is 3. The summed E-state index contributed by atoms with van der Waals surface area (Å²) in [5.41, 5.74) is -2.89. The van der Waals surface area contributed by atoms with Crippen LogP contribution in [0.4, 0.5) is 5.69 Å². The van der Waals surface area contributed by atoms with Crippen LogP contribution in [0.2, 0.25) is 0 Å². The zero-order valence-corrected chi connectivity index (χ0v) is 21.4. The Bertz CT molecular complexity index is 1500. The zero-order chi connectivity index (χ0) is 27.6. The largest absolute Gasteiger partial charge is 0.465 e. The Morgan fingerprint density at radius 3 is 2.21 bits per heavy atom. The molecule has 0 bridgehead atoms. The first-order valence-corrected chi connectivity index (χ1v) is 13.2. The highest BCUT2D eigenvalue weighted by molar-refractivity contribution is 7.89. The van der Waals surface area contributed by atoms with E-state index in [0.29, 0.717) is 11.1 Å².